The number of benzene rings is 1. The number of carbonyl (C=O) groups is 2. The molecule has 122 valence electrons. The second kappa shape index (κ2) is 9.15. The summed E-state index contributed by atoms with van der Waals surface area (Å²) in [6, 6.07) is 3.89. The Kier molecular flexibility index (Phi) is 7.52. The van der Waals surface area contributed by atoms with Crippen LogP contribution in [0.25, 0.3) is 0 Å². The molecule has 0 saturated heterocycles. The number of carbonyl (C=O) groups excluding carboxylic acids is 2. The maximum atomic E-state index is 11.8. The van der Waals surface area contributed by atoms with Crippen molar-refractivity contribution in [3.8, 4) is 5.75 Å². The highest BCUT2D eigenvalue weighted by Crippen LogP contribution is 2.27. The molecule has 3 N–H and O–H groups in total. The van der Waals surface area contributed by atoms with Gasteiger partial charge in [-0.3, -0.25) is 4.79 Å². The molecule has 0 aliphatic rings. The summed E-state index contributed by atoms with van der Waals surface area (Å²) in [7, 11) is 0. The molecule has 1 atom stereocenters. The fraction of sp³-hybridized carbons (Fsp3) is 0.467. The van der Waals surface area contributed by atoms with Crippen molar-refractivity contribution >= 4 is 29.2 Å². The lowest BCUT2D eigenvalue weighted by Crippen LogP contribution is -2.46. The van der Waals surface area contributed by atoms with Gasteiger partial charge in [-0.25, -0.2) is 4.79 Å². The monoisotopic (exact) mass is 327 g/mol. The molecule has 1 unspecified atom stereocenters. The molecule has 0 radical (unpaired) electrons. The van der Waals surface area contributed by atoms with E-state index in [4.69, 9.17) is 16.3 Å². The van der Waals surface area contributed by atoms with Gasteiger partial charge < -0.3 is 20.7 Å². The molecule has 0 saturated carbocycles. The van der Waals surface area contributed by atoms with Crippen molar-refractivity contribution in [3.63, 3.8) is 0 Å². The van der Waals surface area contributed by atoms with Gasteiger partial charge in [0.25, 0.3) is 0 Å². The number of amides is 3. The second-order valence-corrected chi connectivity index (χ2v) is 5.12. The van der Waals surface area contributed by atoms with Gasteiger partial charge in [0.15, 0.2) is 0 Å². The van der Waals surface area contributed by atoms with Crippen LogP contribution in [0.4, 0.5) is 10.5 Å². The number of nitrogens with one attached hydrogen (secondary N) is 3. The Bertz CT molecular complexity index is 523. The van der Waals surface area contributed by atoms with Crippen molar-refractivity contribution in [2.45, 2.75) is 33.2 Å². The van der Waals surface area contributed by atoms with Crippen LogP contribution in [0, 0.1) is 0 Å². The molecule has 1 aromatic rings. The highest BCUT2D eigenvalue weighted by atomic mass is 35.5. The largest absolute Gasteiger partial charge is 0.492 e. The molecular formula is C15H22ClN3O3. The van der Waals surface area contributed by atoms with Crippen LogP contribution in [0.5, 0.6) is 5.75 Å². The summed E-state index contributed by atoms with van der Waals surface area (Å²) in [6.45, 7) is 6.52. The van der Waals surface area contributed by atoms with Gasteiger partial charge in [0.1, 0.15) is 11.8 Å². The molecule has 1 rings (SSSR count). The first-order valence-corrected chi connectivity index (χ1v) is 7.63. The van der Waals surface area contributed by atoms with Gasteiger partial charge in [-0.05, 0) is 38.5 Å². The summed E-state index contributed by atoms with van der Waals surface area (Å²) in [4.78, 5) is 23.4. The highest BCUT2D eigenvalue weighted by Gasteiger charge is 2.14. The lowest BCUT2D eigenvalue weighted by atomic mass is 10.3. The summed E-state index contributed by atoms with van der Waals surface area (Å²) < 4.78 is 5.46. The minimum absolute atomic E-state index is 0.237. The third-order valence-electron chi connectivity index (χ3n) is 2.74. The summed E-state index contributed by atoms with van der Waals surface area (Å²) >= 11 is 6.09. The third-order valence-corrected chi connectivity index (χ3v) is 3.04. The molecule has 3 amide bonds. The smallest absolute Gasteiger partial charge is 0.319 e. The number of hydrogen-bond acceptors (Lipinski definition) is 3. The molecule has 0 spiro atoms. The Labute approximate surface area is 135 Å². The number of hydrogen-bond donors (Lipinski definition) is 3. The van der Waals surface area contributed by atoms with E-state index < -0.39 is 12.1 Å². The van der Waals surface area contributed by atoms with Gasteiger partial charge in [0, 0.05) is 12.2 Å². The van der Waals surface area contributed by atoms with Crippen LogP contribution in [0.1, 0.15) is 27.2 Å². The first-order chi connectivity index (χ1) is 10.5. The van der Waals surface area contributed by atoms with Crippen molar-refractivity contribution in [3.05, 3.63) is 23.2 Å². The maximum absolute atomic E-state index is 11.8. The summed E-state index contributed by atoms with van der Waals surface area (Å²) in [5.74, 6) is 0.337. The lowest BCUT2D eigenvalue weighted by molar-refractivity contribution is -0.122. The van der Waals surface area contributed by atoms with Crippen LogP contribution >= 0.6 is 11.6 Å². The number of rotatable bonds is 7. The van der Waals surface area contributed by atoms with Crippen LogP contribution in [-0.2, 0) is 4.79 Å². The lowest BCUT2D eigenvalue weighted by Gasteiger charge is -2.14. The number of likely N-dealkylation sites (N-methyl/N-ethyl adjacent to an activating group) is 1. The van der Waals surface area contributed by atoms with E-state index in [2.05, 4.69) is 16.0 Å². The molecular weight excluding hydrogens is 306 g/mol. The molecule has 0 fully saturated rings. The SMILES string of the molecule is CCCOc1ccc(NC(=O)NC(C)C(=O)NCC)cc1Cl. The number of ether oxygens (including phenoxy) is 1. The molecule has 0 heterocycles. The molecule has 1 aromatic carbocycles. The van der Waals surface area contributed by atoms with Crippen LogP contribution in [0.3, 0.4) is 0 Å². The fourth-order valence-electron chi connectivity index (χ4n) is 1.66. The average Bonchev–Trinajstić information content (AvgIpc) is 2.46. The first kappa shape index (κ1) is 18.1. The minimum Gasteiger partial charge on any atom is -0.492 e. The van der Waals surface area contributed by atoms with Gasteiger partial charge in [-0.15, -0.1) is 0 Å². The van der Waals surface area contributed by atoms with Gasteiger partial charge in [-0.1, -0.05) is 18.5 Å². The zero-order valence-corrected chi connectivity index (χ0v) is 13.8. The zero-order chi connectivity index (χ0) is 16.5. The Balaban J connectivity index is 2.57. The molecule has 22 heavy (non-hydrogen) atoms. The highest BCUT2D eigenvalue weighted by molar-refractivity contribution is 6.32. The van der Waals surface area contributed by atoms with Crippen molar-refractivity contribution in [2.75, 3.05) is 18.5 Å². The molecule has 0 bridgehead atoms. The van der Waals surface area contributed by atoms with Crippen molar-refractivity contribution in [1.82, 2.24) is 10.6 Å². The zero-order valence-electron chi connectivity index (χ0n) is 13.0. The van der Waals surface area contributed by atoms with E-state index in [9.17, 15) is 9.59 Å². The fourth-order valence-corrected chi connectivity index (χ4v) is 1.90. The molecule has 7 heteroatoms. The summed E-state index contributed by atoms with van der Waals surface area (Å²) in [5.41, 5.74) is 0.523. The topological polar surface area (TPSA) is 79.5 Å². The predicted octanol–water partition coefficient (Wildman–Crippen LogP) is 2.77. The summed E-state index contributed by atoms with van der Waals surface area (Å²) in [6.07, 6.45) is 0.885. The molecule has 6 nitrogen and oxygen atoms in total. The van der Waals surface area contributed by atoms with Gasteiger partial charge in [0.05, 0.1) is 11.6 Å². The minimum atomic E-state index is -0.623. The van der Waals surface area contributed by atoms with E-state index in [1.165, 1.54) is 0 Å². The third kappa shape index (κ3) is 5.81. The number of anilines is 1. The van der Waals surface area contributed by atoms with Crippen LogP contribution in [0.2, 0.25) is 5.02 Å². The van der Waals surface area contributed by atoms with Gasteiger partial charge in [-0.2, -0.15) is 0 Å². The Hall–Kier alpha value is -1.95. The Morgan fingerprint density at radius 1 is 1.32 bits per heavy atom. The van der Waals surface area contributed by atoms with E-state index in [0.717, 1.165) is 6.42 Å². The van der Waals surface area contributed by atoms with E-state index >= 15 is 0 Å². The Morgan fingerprint density at radius 3 is 2.64 bits per heavy atom. The Morgan fingerprint density at radius 2 is 2.05 bits per heavy atom. The van der Waals surface area contributed by atoms with Gasteiger partial charge in [0.2, 0.25) is 5.91 Å². The van der Waals surface area contributed by atoms with E-state index in [1.54, 1.807) is 25.1 Å². The van der Waals surface area contributed by atoms with E-state index in [1.807, 2.05) is 13.8 Å². The average molecular weight is 328 g/mol. The maximum Gasteiger partial charge on any atom is 0.319 e. The number of urea groups is 1. The van der Waals surface area contributed by atoms with Crippen molar-refractivity contribution in [2.24, 2.45) is 0 Å². The number of halogens is 1. The van der Waals surface area contributed by atoms with Crippen molar-refractivity contribution in [1.29, 1.82) is 0 Å². The predicted molar refractivity (Wildman–Crippen MR) is 87.5 cm³/mol. The quantitative estimate of drug-likeness (QED) is 0.720. The van der Waals surface area contributed by atoms with Gasteiger partial charge >= 0.3 is 6.03 Å². The summed E-state index contributed by atoms with van der Waals surface area (Å²) in [5, 5.41) is 8.22. The molecule has 0 aliphatic heterocycles. The standard InChI is InChI=1S/C15H22ClN3O3/c1-4-8-22-13-7-6-11(9-12(13)16)19-15(21)18-10(3)14(20)17-5-2/h6-7,9-10H,4-5,8H2,1-3H3,(H,17,20)(H2,18,19,21). The van der Waals surface area contributed by atoms with Crippen LogP contribution < -0.4 is 20.7 Å². The second-order valence-electron chi connectivity index (χ2n) is 4.71. The molecule has 0 aliphatic carbocycles. The van der Waals surface area contributed by atoms with Crippen LogP contribution in [0.15, 0.2) is 18.2 Å². The normalized spacial score (nSPS) is 11.5. The van der Waals surface area contributed by atoms with Crippen molar-refractivity contribution < 1.29 is 14.3 Å². The van der Waals surface area contributed by atoms with Crippen LogP contribution in [-0.4, -0.2) is 31.1 Å². The molecule has 0 aromatic heterocycles. The van der Waals surface area contributed by atoms with E-state index in [-0.39, 0.29) is 5.91 Å². The van der Waals surface area contributed by atoms with E-state index in [0.29, 0.717) is 29.6 Å². The first-order valence-electron chi connectivity index (χ1n) is 7.25.